The molecule has 8 heteroatoms. The molecule has 7 nitrogen and oxygen atoms in total. The summed E-state index contributed by atoms with van der Waals surface area (Å²) in [4.78, 5) is 49.2. The summed E-state index contributed by atoms with van der Waals surface area (Å²) in [6, 6.07) is 13.2. The van der Waals surface area contributed by atoms with E-state index in [4.69, 9.17) is 16.3 Å². The number of rotatable bonds is 6. The van der Waals surface area contributed by atoms with Crippen LogP contribution in [0.2, 0.25) is 5.02 Å². The number of carbonyl (C=O) groups is 4. The van der Waals surface area contributed by atoms with Crippen molar-refractivity contribution in [2.75, 3.05) is 23.4 Å². The number of ether oxygens (including phenoxy) is 1. The van der Waals surface area contributed by atoms with Crippen molar-refractivity contribution in [1.29, 1.82) is 0 Å². The Balaban J connectivity index is 1.51. The molecule has 29 heavy (non-hydrogen) atoms. The van der Waals surface area contributed by atoms with E-state index in [9.17, 15) is 19.2 Å². The van der Waals surface area contributed by atoms with Crippen LogP contribution in [0.15, 0.2) is 48.5 Å². The molecule has 0 saturated carbocycles. The molecular weight excluding hydrogens is 396 g/mol. The summed E-state index contributed by atoms with van der Waals surface area (Å²) in [5, 5.41) is 3.08. The number of nitrogens with zero attached hydrogens (tertiary/aromatic N) is 1. The number of ketones is 1. The molecule has 150 valence electrons. The number of Topliss-reactive ketones (excluding diaryl/α,β-unsaturated/α-hetero) is 1. The quantitative estimate of drug-likeness (QED) is 0.579. The van der Waals surface area contributed by atoms with Crippen LogP contribution in [0.1, 0.15) is 23.7 Å². The Labute approximate surface area is 172 Å². The molecule has 1 fully saturated rings. The molecular formula is C21H19ClN2O5. The highest BCUT2D eigenvalue weighted by Gasteiger charge is 2.36. The van der Waals surface area contributed by atoms with Crippen molar-refractivity contribution in [3.8, 4) is 0 Å². The summed E-state index contributed by atoms with van der Waals surface area (Å²) in [6.45, 7) is 1.16. The molecule has 1 aliphatic heterocycles. The maximum absolute atomic E-state index is 12.3. The molecule has 0 radical (unpaired) electrons. The second kappa shape index (κ2) is 8.87. The molecule has 1 N–H and O–H groups in total. The summed E-state index contributed by atoms with van der Waals surface area (Å²) in [6.07, 6.45) is 0.0134. The highest BCUT2D eigenvalue weighted by Crippen LogP contribution is 2.27. The predicted octanol–water partition coefficient (Wildman–Crippen LogP) is 3.08. The van der Waals surface area contributed by atoms with Crippen molar-refractivity contribution in [2.24, 2.45) is 5.92 Å². The lowest BCUT2D eigenvalue weighted by Gasteiger charge is -2.16. The van der Waals surface area contributed by atoms with Crippen molar-refractivity contribution in [3.05, 3.63) is 59.1 Å². The van der Waals surface area contributed by atoms with Crippen LogP contribution in [0, 0.1) is 5.92 Å². The number of nitrogens with one attached hydrogen (secondary N) is 1. The summed E-state index contributed by atoms with van der Waals surface area (Å²) >= 11 is 5.95. The van der Waals surface area contributed by atoms with Crippen molar-refractivity contribution < 1.29 is 23.9 Å². The first kappa shape index (κ1) is 20.5. The van der Waals surface area contributed by atoms with E-state index in [0.29, 0.717) is 22.0 Å². The van der Waals surface area contributed by atoms with E-state index in [2.05, 4.69) is 5.32 Å². The van der Waals surface area contributed by atoms with Gasteiger partial charge in [-0.25, -0.2) is 0 Å². The van der Waals surface area contributed by atoms with E-state index in [-0.39, 0.29) is 24.7 Å². The third-order valence-electron chi connectivity index (χ3n) is 4.50. The zero-order chi connectivity index (χ0) is 21.0. The average molecular weight is 415 g/mol. The lowest BCUT2D eigenvalue weighted by atomic mass is 10.1. The number of carbonyl (C=O) groups excluding carboxylic acids is 4. The second-order valence-electron chi connectivity index (χ2n) is 6.67. The molecule has 0 aromatic heterocycles. The van der Waals surface area contributed by atoms with Gasteiger partial charge >= 0.3 is 5.97 Å². The molecule has 2 aromatic rings. The van der Waals surface area contributed by atoms with E-state index >= 15 is 0 Å². The van der Waals surface area contributed by atoms with Gasteiger partial charge in [-0.3, -0.25) is 19.2 Å². The van der Waals surface area contributed by atoms with E-state index in [1.807, 2.05) is 0 Å². The van der Waals surface area contributed by atoms with Crippen LogP contribution in [-0.4, -0.2) is 36.7 Å². The first-order valence-corrected chi connectivity index (χ1v) is 9.34. The maximum Gasteiger partial charge on any atom is 0.311 e. The minimum atomic E-state index is -0.649. The van der Waals surface area contributed by atoms with Crippen molar-refractivity contribution >= 4 is 46.5 Å². The Bertz CT molecular complexity index is 958. The fourth-order valence-electron chi connectivity index (χ4n) is 3.00. The molecule has 1 atom stereocenters. The third-order valence-corrected chi connectivity index (χ3v) is 4.73. The number of esters is 1. The van der Waals surface area contributed by atoms with Gasteiger partial charge in [0.15, 0.2) is 12.4 Å². The number of hydrogen-bond acceptors (Lipinski definition) is 5. The topological polar surface area (TPSA) is 92.8 Å². The summed E-state index contributed by atoms with van der Waals surface area (Å²) < 4.78 is 5.07. The maximum atomic E-state index is 12.3. The molecule has 1 heterocycles. The molecule has 0 spiro atoms. The molecule has 1 saturated heterocycles. The number of anilines is 2. The standard InChI is InChI=1S/C21H19ClN2O5/c1-13(25)14-5-7-17(8-6-14)23-19(26)12-29-21(28)15-9-20(27)24(11-15)18-4-2-3-16(22)10-18/h2-8,10,15H,9,11-12H2,1H3,(H,23,26)/t15-/m1/s1. The van der Waals surface area contributed by atoms with Crippen LogP contribution in [0.5, 0.6) is 0 Å². The zero-order valence-electron chi connectivity index (χ0n) is 15.7. The molecule has 3 rings (SSSR count). The van der Waals surface area contributed by atoms with Crippen LogP contribution < -0.4 is 10.2 Å². The van der Waals surface area contributed by atoms with Gasteiger partial charge in [0.2, 0.25) is 5.91 Å². The highest BCUT2D eigenvalue weighted by atomic mass is 35.5. The monoisotopic (exact) mass is 414 g/mol. The largest absolute Gasteiger partial charge is 0.455 e. The highest BCUT2D eigenvalue weighted by molar-refractivity contribution is 6.31. The van der Waals surface area contributed by atoms with Crippen LogP contribution in [0.3, 0.4) is 0 Å². The Morgan fingerprint density at radius 1 is 1.17 bits per heavy atom. The van der Waals surface area contributed by atoms with Crippen molar-refractivity contribution in [1.82, 2.24) is 0 Å². The molecule has 0 bridgehead atoms. The second-order valence-corrected chi connectivity index (χ2v) is 7.11. The number of hydrogen-bond donors (Lipinski definition) is 1. The van der Waals surface area contributed by atoms with E-state index in [1.54, 1.807) is 48.5 Å². The molecule has 2 aromatic carbocycles. The molecule has 0 aliphatic carbocycles. The van der Waals surface area contributed by atoms with Gasteiger partial charge in [-0.1, -0.05) is 17.7 Å². The fourth-order valence-corrected chi connectivity index (χ4v) is 3.18. The molecule has 2 amide bonds. The Morgan fingerprint density at radius 3 is 2.55 bits per heavy atom. The summed E-state index contributed by atoms with van der Waals surface area (Å²) in [5.41, 5.74) is 1.63. The third kappa shape index (κ3) is 5.20. The van der Waals surface area contributed by atoms with E-state index in [1.165, 1.54) is 11.8 Å². The lowest BCUT2D eigenvalue weighted by Crippen LogP contribution is -2.28. The summed E-state index contributed by atoms with van der Waals surface area (Å²) in [7, 11) is 0. The minimum absolute atomic E-state index is 0.0134. The SMILES string of the molecule is CC(=O)c1ccc(NC(=O)COC(=O)[C@@H]2CC(=O)N(c3cccc(Cl)c3)C2)cc1. The predicted molar refractivity (Wildman–Crippen MR) is 108 cm³/mol. The molecule has 1 aliphatic rings. The minimum Gasteiger partial charge on any atom is -0.455 e. The van der Waals surface area contributed by atoms with Gasteiger partial charge in [0, 0.05) is 34.9 Å². The van der Waals surface area contributed by atoms with Gasteiger partial charge in [0.05, 0.1) is 5.92 Å². The molecule has 0 unspecified atom stereocenters. The van der Waals surface area contributed by atoms with Crippen LogP contribution in [0.25, 0.3) is 0 Å². The Hall–Kier alpha value is -3.19. The van der Waals surface area contributed by atoms with Gasteiger partial charge < -0.3 is 15.0 Å². The van der Waals surface area contributed by atoms with Gasteiger partial charge in [-0.2, -0.15) is 0 Å². The van der Waals surface area contributed by atoms with Crippen LogP contribution >= 0.6 is 11.6 Å². The Kier molecular flexibility index (Phi) is 6.29. The van der Waals surface area contributed by atoms with Gasteiger partial charge in [0.1, 0.15) is 0 Å². The Morgan fingerprint density at radius 2 is 1.90 bits per heavy atom. The van der Waals surface area contributed by atoms with Gasteiger partial charge in [-0.15, -0.1) is 0 Å². The normalized spacial score (nSPS) is 15.9. The average Bonchev–Trinajstić information content (AvgIpc) is 3.08. The zero-order valence-corrected chi connectivity index (χ0v) is 16.4. The van der Waals surface area contributed by atoms with Crippen LogP contribution in [-0.2, 0) is 19.1 Å². The lowest BCUT2D eigenvalue weighted by molar-refractivity contribution is -0.151. The van der Waals surface area contributed by atoms with Crippen molar-refractivity contribution in [3.63, 3.8) is 0 Å². The number of halogens is 1. The fraction of sp³-hybridized carbons (Fsp3) is 0.238. The summed E-state index contributed by atoms with van der Waals surface area (Å²) in [5.74, 6) is -2.04. The van der Waals surface area contributed by atoms with Crippen molar-refractivity contribution in [2.45, 2.75) is 13.3 Å². The van der Waals surface area contributed by atoms with Gasteiger partial charge in [-0.05, 0) is 49.4 Å². The number of benzene rings is 2. The smallest absolute Gasteiger partial charge is 0.311 e. The van der Waals surface area contributed by atoms with E-state index < -0.39 is 24.4 Å². The number of amides is 2. The van der Waals surface area contributed by atoms with E-state index in [0.717, 1.165) is 0 Å². The first-order valence-electron chi connectivity index (χ1n) is 8.97. The van der Waals surface area contributed by atoms with Crippen LogP contribution in [0.4, 0.5) is 11.4 Å². The first-order chi connectivity index (χ1) is 13.8. The van der Waals surface area contributed by atoms with Gasteiger partial charge in [0.25, 0.3) is 5.91 Å².